The molecule has 0 bridgehead atoms. The molecular formula is C17H18Cl2O2. The average molecular weight is 325 g/mol. The van der Waals surface area contributed by atoms with Gasteiger partial charge in [0.2, 0.25) is 0 Å². The van der Waals surface area contributed by atoms with Gasteiger partial charge in [-0.1, -0.05) is 37.0 Å². The van der Waals surface area contributed by atoms with Gasteiger partial charge in [0.05, 0.1) is 12.1 Å². The minimum absolute atomic E-state index is 0.00439. The molecule has 2 nitrogen and oxygen atoms in total. The Labute approximate surface area is 135 Å². The van der Waals surface area contributed by atoms with Crippen molar-refractivity contribution in [2.45, 2.75) is 33.1 Å². The van der Waals surface area contributed by atoms with Crippen LogP contribution in [-0.4, -0.2) is 12.9 Å². The smallest absolute Gasteiger partial charge is 0.156 e. The van der Waals surface area contributed by atoms with Crippen LogP contribution in [0.4, 0.5) is 0 Å². The molecule has 0 fully saturated rings. The molecule has 0 radical (unpaired) electrons. The van der Waals surface area contributed by atoms with E-state index in [1.165, 1.54) is 0 Å². The summed E-state index contributed by atoms with van der Waals surface area (Å²) in [6.07, 6.45) is 4.16. The van der Waals surface area contributed by atoms with Gasteiger partial charge in [-0.2, -0.15) is 0 Å². The van der Waals surface area contributed by atoms with Gasteiger partial charge in [0.15, 0.2) is 5.78 Å². The van der Waals surface area contributed by atoms with Gasteiger partial charge in [0, 0.05) is 17.4 Å². The molecule has 1 unspecified atom stereocenters. The highest BCUT2D eigenvalue weighted by Gasteiger charge is 2.47. The quantitative estimate of drug-likeness (QED) is 0.769. The molecule has 0 aromatic heterocycles. The number of fused-ring (bicyclic) bond motifs is 3. The number of benzene rings is 1. The number of hydrogen-bond acceptors (Lipinski definition) is 2. The van der Waals surface area contributed by atoms with E-state index in [-0.39, 0.29) is 11.2 Å². The molecule has 112 valence electrons. The van der Waals surface area contributed by atoms with Gasteiger partial charge in [-0.15, -0.1) is 0 Å². The molecule has 0 N–H and O–H groups in total. The van der Waals surface area contributed by atoms with Crippen LogP contribution in [0.1, 0.15) is 37.8 Å². The monoisotopic (exact) mass is 324 g/mol. The molecule has 2 aliphatic rings. The predicted octanol–water partition coefficient (Wildman–Crippen LogP) is 4.95. The summed E-state index contributed by atoms with van der Waals surface area (Å²) in [5.41, 5.74) is 3.15. The molecule has 1 aromatic carbocycles. The van der Waals surface area contributed by atoms with E-state index in [1.54, 1.807) is 13.2 Å². The summed E-state index contributed by atoms with van der Waals surface area (Å²) in [7, 11) is 1.59. The minimum Gasteiger partial charge on any atom is -0.495 e. The summed E-state index contributed by atoms with van der Waals surface area (Å²) in [5.74, 6) is 1.21. The van der Waals surface area contributed by atoms with Gasteiger partial charge in [0.25, 0.3) is 0 Å². The molecule has 0 amide bonds. The van der Waals surface area contributed by atoms with Crippen LogP contribution >= 0.6 is 23.2 Å². The first kappa shape index (κ1) is 14.9. The molecule has 2 aliphatic carbocycles. The van der Waals surface area contributed by atoms with Crippen molar-refractivity contribution in [2.75, 3.05) is 7.11 Å². The normalized spacial score (nSPS) is 23.9. The van der Waals surface area contributed by atoms with Crippen molar-refractivity contribution in [2.24, 2.45) is 11.3 Å². The summed E-state index contributed by atoms with van der Waals surface area (Å²) in [5, 5.41) is 0.936. The van der Waals surface area contributed by atoms with Crippen LogP contribution in [0.25, 0.3) is 5.57 Å². The van der Waals surface area contributed by atoms with Crippen LogP contribution in [0.5, 0.6) is 5.75 Å². The second-order valence-corrected chi connectivity index (χ2v) is 7.01. The van der Waals surface area contributed by atoms with E-state index < -0.39 is 0 Å². The zero-order chi connectivity index (χ0) is 15.4. The summed E-state index contributed by atoms with van der Waals surface area (Å²) < 4.78 is 5.32. The van der Waals surface area contributed by atoms with Gasteiger partial charge in [-0.3, -0.25) is 4.79 Å². The molecule has 4 heteroatoms. The average Bonchev–Trinajstić information content (AvgIpc) is 2.77. The first-order valence-corrected chi connectivity index (χ1v) is 7.96. The minimum atomic E-state index is -0.00439. The van der Waals surface area contributed by atoms with Gasteiger partial charge in [-0.25, -0.2) is 0 Å². The maximum Gasteiger partial charge on any atom is 0.156 e. The predicted molar refractivity (Wildman–Crippen MR) is 86.2 cm³/mol. The zero-order valence-electron chi connectivity index (χ0n) is 12.4. The van der Waals surface area contributed by atoms with E-state index in [9.17, 15) is 4.79 Å². The Balaban J connectivity index is 2.27. The van der Waals surface area contributed by atoms with Crippen molar-refractivity contribution in [1.29, 1.82) is 0 Å². The second-order valence-electron chi connectivity index (χ2n) is 6.25. The van der Waals surface area contributed by atoms with E-state index in [0.717, 1.165) is 29.5 Å². The van der Waals surface area contributed by atoms with E-state index in [4.69, 9.17) is 27.9 Å². The first-order chi connectivity index (χ1) is 9.90. The maximum absolute atomic E-state index is 11.9. The lowest BCUT2D eigenvalue weighted by Crippen LogP contribution is -2.31. The van der Waals surface area contributed by atoms with E-state index >= 15 is 0 Å². The number of carbonyl (C=O) groups is 1. The molecule has 0 heterocycles. The van der Waals surface area contributed by atoms with Crippen LogP contribution in [0.2, 0.25) is 10.0 Å². The van der Waals surface area contributed by atoms with Crippen molar-refractivity contribution < 1.29 is 9.53 Å². The zero-order valence-corrected chi connectivity index (χ0v) is 13.9. The molecule has 0 aliphatic heterocycles. The molecule has 1 atom stereocenters. The van der Waals surface area contributed by atoms with Crippen LogP contribution in [0.3, 0.4) is 0 Å². The highest BCUT2D eigenvalue weighted by Crippen LogP contribution is 2.59. The molecule has 0 saturated heterocycles. The SMILES string of the molecule is COc1cc2c(c(Cl)c1Cl)C1=CC(=O)CCC1(C(C)C)C2. The summed E-state index contributed by atoms with van der Waals surface area (Å²) in [4.78, 5) is 11.9. The number of methoxy groups -OCH3 is 1. The summed E-state index contributed by atoms with van der Waals surface area (Å²) in [6, 6.07) is 1.97. The number of ether oxygens (including phenoxy) is 1. The van der Waals surface area contributed by atoms with Crippen LogP contribution in [0.15, 0.2) is 12.1 Å². The number of carbonyl (C=O) groups excluding carboxylic acids is 1. The van der Waals surface area contributed by atoms with Crippen molar-refractivity contribution >= 4 is 34.6 Å². The number of rotatable bonds is 2. The van der Waals surface area contributed by atoms with Gasteiger partial charge in [-0.05, 0) is 42.0 Å². The standard InChI is InChI=1S/C17H18Cl2O2/c1-9(2)17-5-4-11(20)7-12(17)14-10(8-17)6-13(21-3)15(18)16(14)19/h6-7,9H,4-5,8H2,1-3H3. The highest BCUT2D eigenvalue weighted by molar-refractivity contribution is 6.44. The number of allylic oxidation sites excluding steroid dienone is 2. The number of hydrogen-bond donors (Lipinski definition) is 0. The van der Waals surface area contributed by atoms with Gasteiger partial charge < -0.3 is 4.74 Å². The van der Waals surface area contributed by atoms with E-state index in [1.807, 2.05) is 6.07 Å². The van der Waals surface area contributed by atoms with Gasteiger partial charge >= 0.3 is 0 Å². The fraction of sp³-hybridized carbons (Fsp3) is 0.471. The second kappa shape index (κ2) is 5.03. The Hall–Kier alpha value is -0.990. The maximum atomic E-state index is 11.9. The first-order valence-electron chi connectivity index (χ1n) is 7.21. The van der Waals surface area contributed by atoms with Crippen molar-refractivity contribution in [3.05, 3.63) is 33.3 Å². The Kier molecular flexibility index (Phi) is 3.58. The fourth-order valence-corrected chi connectivity index (χ4v) is 4.28. The van der Waals surface area contributed by atoms with Crippen molar-refractivity contribution in [3.8, 4) is 5.75 Å². The summed E-state index contributed by atoms with van der Waals surface area (Å²) in [6.45, 7) is 4.42. The third-order valence-electron chi connectivity index (χ3n) is 5.01. The van der Waals surface area contributed by atoms with Crippen LogP contribution in [0, 0.1) is 11.3 Å². The molecule has 21 heavy (non-hydrogen) atoms. The molecule has 0 spiro atoms. The fourth-order valence-electron chi connectivity index (χ4n) is 3.74. The van der Waals surface area contributed by atoms with Crippen LogP contribution < -0.4 is 4.74 Å². The van der Waals surface area contributed by atoms with Crippen molar-refractivity contribution in [1.82, 2.24) is 0 Å². The third kappa shape index (κ3) is 2.03. The largest absolute Gasteiger partial charge is 0.495 e. The lowest BCUT2D eigenvalue weighted by molar-refractivity contribution is -0.115. The van der Waals surface area contributed by atoms with E-state index in [2.05, 4.69) is 13.8 Å². The molecule has 0 saturated carbocycles. The Morgan fingerprint density at radius 1 is 1.29 bits per heavy atom. The highest BCUT2D eigenvalue weighted by atomic mass is 35.5. The number of ketones is 1. The Morgan fingerprint density at radius 2 is 2.00 bits per heavy atom. The van der Waals surface area contributed by atoms with E-state index in [0.29, 0.717) is 28.1 Å². The number of halogens is 2. The van der Waals surface area contributed by atoms with Crippen molar-refractivity contribution in [3.63, 3.8) is 0 Å². The lowest BCUT2D eigenvalue weighted by atomic mass is 9.66. The Bertz CT molecular complexity index is 661. The van der Waals surface area contributed by atoms with Gasteiger partial charge in [0.1, 0.15) is 10.8 Å². The Morgan fingerprint density at radius 3 is 2.62 bits per heavy atom. The van der Waals surface area contributed by atoms with Crippen LogP contribution in [-0.2, 0) is 11.2 Å². The molecule has 3 rings (SSSR count). The summed E-state index contributed by atoms with van der Waals surface area (Å²) >= 11 is 12.8. The lowest BCUT2D eigenvalue weighted by Gasteiger charge is -2.37. The molecular weight excluding hydrogens is 307 g/mol. The molecule has 1 aromatic rings. The third-order valence-corrected chi connectivity index (χ3v) is 5.86. The topological polar surface area (TPSA) is 26.3 Å².